The van der Waals surface area contributed by atoms with E-state index in [1.54, 1.807) is 40.1 Å². The zero-order valence-electron chi connectivity index (χ0n) is 23.5. The third-order valence-corrected chi connectivity index (χ3v) is 7.63. The predicted octanol–water partition coefficient (Wildman–Crippen LogP) is 5.08. The summed E-state index contributed by atoms with van der Waals surface area (Å²) in [4.78, 5) is 35.4. The van der Waals surface area contributed by atoms with E-state index < -0.39 is 5.60 Å². The van der Waals surface area contributed by atoms with Crippen molar-refractivity contribution in [3.8, 4) is 11.5 Å². The first-order valence-electron chi connectivity index (χ1n) is 13.8. The Labute approximate surface area is 235 Å². The fourth-order valence-corrected chi connectivity index (χ4v) is 5.19. The van der Waals surface area contributed by atoms with Gasteiger partial charge in [0.05, 0.1) is 0 Å². The monoisotopic (exact) mass is 554 g/mol. The molecule has 1 N–H and O–H groups in total. The molecular formula is C30H39ClN4O4. The van der Waals surface area contributed by atoms with Crippen molar-refractivity contribution in [2.45, 2.75) is 65.1 Å². The Morgan fingerprint density at radius 1 is 1.00 bits per heavy atom. The number of halogens is 1. The molecule has 2 heterocycles. The summed E-state index contributed by atoms with van der Waals surface area (Å²) < 4.78 is 5.77. The number of hydrogen-bond donors (Lipinski definition) is 1. The second-order valence-electron chi connectivity index (χ2n) is 10.8. The Balaban J connectivity index is 0.000000340. The molecule has 3 aromatic rings. The van der Waals surface area contributed by atoms with Gasteiger partial charge < -0.3 is 19.3 Å². The number of carbonyl (C=O) groups excluding carboxylic acids is 2. The summed E-state index contributed by atoms with van der Waals surface area (Å²) in [6.07, 6.45) is 1.06. The minimum absolute atomic E-state index is 0.0804. The van der Waals surface area contributed by atoms with Crippen LogP contribution in [0, 0.1) is 0 Å². The van der Waals surface area contributed by atoms with Gasteiger partial charge in [0.1, 0.15) is 11.1 Å². The Morgan fingerprint density at radius 2 is 1.59 bits per heavy atom. The van der Waals surface area contributed by atoms with Gasteiger partial charge in [0.25, 0.3) is 11.8 Å². The van der Waals surface area contributed by atoms with Crippen molar-refractivity contribution in [1.29, 1.82) is 0 Å². The van der Waals surface area contributed by atoms with Gasteiger partial charge in [-0.05, 0) is 89.5 Å². The molecule has 1 aliphatic heterocycles. The van der Waals surface area contributed by atoms with Crippen molar-refractivity contribution < 1.29 is 19.1 Å². The fourth-order valence-electron chi connectivity index (χ4n) is 5.03. The van der Waals surface area contributed by atoms with Crippen molar-refractivity contribution in [2.75, 3.05) is 32.7 Å². The van der Waals surface area contributed by atoms with Crippen LogP contribution in [0.25, 0.3) is 22.6 Å². The average molecular weight is 555 g/mol. The van der Waals surface area contributed by atoms with Crippen molar-refractivity contribution in [3.05, 3.63) is 53.1 Å². The molecule has 0 radical (unpaired) electrons. The van der Waals surface area contributed by atoms with Crippen LogP contribution in [0.3, 0.4) is 0 Å². The number of nitrogens with zero attached hydrogens (tertiary/aromatic N) is 4. The molecule has 5 rings (SSSR count). The van der Waals surface area contributed by atoms with Crippen LogP contribution in [0.2, 0.25) is 5.02 Å². The molecule has 210 valence electrons. The summed E-state index contributed by atoms with van der Waals surface area (Å²) in [6.45, 7) is 14.1. The molecule has 8 nitrogen and oxygen atoms in total. The van der Waals surface area contributed by atoms with Crippen LogP contribution in [0.5, 0.6) is 0 Å². The summed E-state index contributed by atoms with van der Waals surface area (Å²) >= 11 is 6.00. The Bertz CT molecular complexity index is 1280. The Hall–Kier alpha value is -2.94. The van der Waals surface area contributed by atoms with Gasteiger partial charge in [0.2, 0.25) is 5.89 Å². The van der Waals surface area contributed by atoms with E-state index >= 15 is 0 Å². The maximum atomic E-state index is 12.8. The Morgan fingerprint density at radius 3 is 2.10 bits per heavy atom. The van der Waals surface area contributed by atoms with Crippen molar-refractivity contribution >= 4 is 34.5 Å². The van der Waals surface area contributed by atoms with Gasteiger partial charge in [-0.25, -0.2) is 4.98 Å². The molecule has 2 aliphatic rings. The summed E-state index contributed by atoms with van der Waals surface area (Å²) in [7, 11) is 0. The zero-order chi connectivity index (χ0) is 28.3. The van der Waals surface area contributed by atoms with Crippen LogP contribution >= 0.6 is 11.6 Å². The molecule has 1 saturated carbocycles. The number of carbonyl (C=O) groups is 2. The van der Waals surface area contributed by atoms with Gasteiger partial charge in [0, 0.05) is 54.4 Å². The largest absolute Gasteiger partial charge is 0.436 e. The average Bonchev–Trinajstić information content (AvgIpc) is 3.53. The number of aromatic nitrogens is 1. The number of amides is 2. The van der Waals surface area contributed by atoms with Crippen LogP contribution < -0.4 is 0 Å². The van der Waals surface area contributed by atoms with E-state index in [4.69, 9.17) is 16.0 Å². The lowest BCUT2D eigenvalue weighted by molar-refractivity contribution is -0.143. The highest BCUT2D eigenvalue weighted by Gasteiger charge is 2.50. The standard InChI is InChI=1S/C22H20ClN3O4.C8H19N/c23-16-5-6-18-17(13-16)24-19(30-18)14-1-3-15(4-2-14)20(27)25-9-11-26(12-10-25)21(28)22(29)7-8-22;1-6-9(7(2)3)8(4)5/h1-6,13,29H,7-12H2;7-8H,6H2,1-5H3. The summed E-state index contributed by atoms with van der Waals surface area (Å²) in [5, 5.41) is 10.6. The van der Waals surface area contributed by atoms with E-state index in [1.807, 2.05) is 12.1 Å². The molecule has 39 heavy (non-hydrogen) atoms. The fraction of sp³-hybridized carbons (Fsp3) is 0.500. The topological polar surface area (TPSA) is 90.1 Å². The van der Waals surface area contributed by atoms with Crippen molar-refractivity contribution in [1.82, 2.24) is 19.7 Å². The van der Waals surface area contributed by atoms with Gasteiger partial charge in [0.15, 0.2) is 5.58 Å². The van der Waals surface area contributed by atoms with Gasteiger partial charge in [-0.2, -0.15) is 0 Å². The third kappa shape index (κ3) is 6.80. The highest BCUT2D eigenvalue weighted by atomic mass is 35.5. The predicted molar refractivity (Wildman–Crippen MR) is 154 cm³/mol. The van der Waals surface area contributed by atoms with E-state index in [0.717, 1.165) is 12.1 Å². The normalized spacial score (nSPS) is 16.6. The number of piperazine rings is 1. The lowest BCUT2D eigenvalue weighted by atomic mass is 10.1. The number of rotatable bonds is 6. The van der Waals surface area contributed by atoms with E-state index in [2.05, 4.69) is 44.5 Å². The molecular weight excluding hydrogens is 516 g/mol. The smallest absolute Gasteiger partial charge is 0.254 e. The van der Waals surface area contributed by atoms with Crippen molar-refractivity contribution in [2.24, 2.45) is 0 Å². The maximum absolute atomic E-state index is 12.8. The van der Waals surface area contributed by atoms with E-state index in [1.165, 1.54) is 0 Å². The van der Waals surface area contributed by atoms with Gasteiger partial charge in [-0.3, -0.25) is 14.5 Å². The first-order valence-corrected chi connectivity index (χ1v) is 14.1. The summed E-state index contributed by atoms with van der Waals surface area (Å²) in [6, 6.07) is 13.8. The summed E-state index contributed by atoms with van der Waals surface area (Å²) in [5.41, 5.74) is 1.52. The number of fused-ring (bicyclic) bond motifs is 1. The van der Waals surface area contributed by atoms with E-state index in [0.29, 0.717) is 78.7 Å². The third-order valence-electron chi connectivity index (χ3n) is 7.40. The maximum Gasteiger partial charge on any atom is 0.254 e. The van der Waals surface area contributed by atoms with Crippen LogP contribution in [0.4, 0.5) is 0 Å². The highest BCUT2D eigenvalue weighted by molar-refractivity contribution is 6.31. The van der Waals surface area contributed by atoms with Crippen LogP contribution in [0.1, 0.15) is 57.8 Å². The number of aliphatic hydroxyl groups is 1. The molecule has 2 aromatic carbocycles. The molecule has 1 aliphatic carbocycles. The molecule has 2 amide bonds. The molecule has 1 aromatic heterocycles. The van der Waals surface area contributed by atoms with Crippen LogP contribution in [-0.2, 0) is 4.79 Å². The molecule has 2 fully saturated rings. The first-order chi connectivity index (χ1) is 18.5. The minimum Gasteiger partial charge on any atom is -0.436 e. The van der Waals surface area contributed by atoms with Gasteiger partial charge in [-0.1, -0.05) is 18.5 Å². The zero-order valence-corrected chi connectivity index (χ0v) is 24.2. The molecule has 9 heteroatoms. The molecule has 0 unspecified atom stereocenters. The molecule has 0 atom stereocenters. The molecule has 0 bridgehead atoms. The quantitative estimate of drug-likeness (QED) is 0.457. The molecule has 0 spiro atoms. The number of oxazole rings is 1. The first kappa shape index (κ1) is 29.1. The lowest BCUT2D eigenvalue weighted by Gasteiger charge is -2.35. The highest BCUT2D eigenvalue weighted by Crippen LogP contribution is 2.37. The van der Waals surface area contributed by atoms with Crippen LogP contribution in [-0.4, -0.2) is 87.0 Å². The van der Waals surface area contributed by atoms with Crippen molar-refractivity contribution in [3.63, 3.8) is 0 Å². The molecule has 1 saturated heterocycles. The second kappa shape index (κ2) is 12.1. The minimum atomic E-state index is -1.15. The number of benzene rings is 2. The second-order valence-corrected chi connectivity index (χ2v) is 11.3. The summed E-state index contributed by atoms with van der Waals surface area (Å²) in [5.74, 6) is 0.179. The number of hydrogen-bond acceptors (Lipinski definition) is 6. The van der Waals surface area contributed by atoms with Crippen LogP contribution in [0.15, 0.2) is 46.9 Å². The lowest BCUT2D eigenvalue weighted by Crippen LogP contribution is -2.53. The van der Waals surface area contributed by atoms with E-state index in [9.17, 15) is 14.7 Å². The van der Waals surface area contributed by atoms with Gasteiger partial charge >= 0.3 is 0 Å². The SMILES string of the molecule is CCN(C(C)C)C(C)C.O=C(c1ccc(-c2nc3cc(Cl)ccc3o2)cc1)N1CCN(C(=O)C2(O)CC2)CC1. The van der Waals surface area contributed by atoms with E-state index in [-0.39, 0.29) is 11.8 Å². The van der Waals surface area contributed by atoms with Gasteiger partial charge in [-0.15, -0.1) is 0 Å². The Kier molecular flexibility index (Phi) is 8.99.